The Morgan fingerprint density at radius 3 is 2.70 bits per heavy atom. The highest BCUT2D eigenvalue weighted by Gasteiger charge is 2.67. The third kappa shape index (κ3) is 3.30. The number of nitrogens with two attached hydrogens (primary N) is 1. The summed E-state index contributed by atoms with van der Waals surface area (Å²) >= 11 is 0. The molecule has 2 saturated carbocycles. The number of imidazole rings is 1. The molecule has 0 bridgehead atoms. The van der Waals surface area contributed by atoms with E-state index in [-0.39, 0.29) is 11.7 Å². The summed E-state index contributed by atoms with van der Waals surface area (Å²) in [4.78, 5) is 39.0. The van der Waals surface area contributed by atoms with Crippen molar-refractivity contribution in [3.8, 4) is 0 Å². The van der Waals surface area contributed by atoms with Crippen LogP contribution in [0.15, 0.2) is 12.7 Å². The van der Waals surface area contributed by atoms with E-state index in [9.17, 15) is 19.1 Å². The highest BCUT2D eigenvalue weighted by molar-refractivity contribution is 7.60. The van der Waals surface area contributed by atoms with Gasteiger partial charge in [0.1, 0.15) is 11.8 Å². The molecule has 5 atom stereocenters. The maximum atomic E-state index is 11.6. The van der Waals surface area contributed by atoms with Crippen LogP contribution in [0.2, 0.25) is 0 Å². The van der Waals surface area contributed by atoms with Crippen molar-refractivity contribution in [3.05, 3.63) is 12.7 Å². The number of anilines is 1. The molecule has 0 amide bonds. The van der Waals surface area contributed by atoms with Gasteiger partial charge in [0.2, 0.25) is 0 Å². The normalized spacial score (nSPS) is 32.4. The van der Waals surface area contributed by atoms with Gasteiger partial charge in [0, 0.05) is 5.92 Å². The van der Waals surface area contributed by atoms with Crippen LogP contribution >= 0.6 is 15.6 Å². The Hall–Kier alpha value is -1.43. The number of hydrogen-bond acceptors (Lipinski definition) is 9. The minimum Gasteiger partial charge on any atom is -0.393 e. The van der Waals surface area contributed by atoms with Gasteiger partial charge in [-0.25, -0.2) is 24.1 Å². The molecule has 4 rings (SSSR count). The lowest BCUT2D eigenvalue weighted by Crippen LogP contribution is -2.23. The molecule has 148 valence electrons. The third-order valence-electron chi connectivity index (χ3n) is 5.16. The summed E-state index contributed by atoms with van der Waals surface area (Å²) in [6.07, 6.45) is 3.03. The summed E-state index contributed by atoms with van der Waals surface area (Å²) in [5.41, 5.74) is 6.28. The van der Waals surface area contributed by atoms with Gasteiger partial charge >= 0.3 is 15.6 Å². The second-order valence-electron chi connectivity index (χ2n) is 6.73. The van der Waals surface area contributed by atoms with Crippen molar-refractivity contribution in [1.82, 2.24) is 19.5 Å². The predicted molar refractivity (Wildman–Crippen MR) is 88.8 cm³/mol. The van der Waals surface area contributed by atoms with Crippen LogP contribution in [0.3, 0.4) is 0 Å². The number of hydrogen-bond donors (Lipinski definition) is 5. The van der Waals surface area contributed by atoms with Crippen molar-refractivity contribution in [1.29, 1.82) is 0 Å². The molecule has 0 aliphatic heterocycles. The molecule has 0 spiro atoms. The van der Waals surface area contributed by atoms with E-state index in [0.29, 0.717) is 24.0 Å². The SMILES string of the molecule is Nc1ncnc2c1ncn2[C@@]12C[C@H](O)[C@@H](COP(=O)(O)OP(=O)(O)O)[C@@H]1C2. The third-order valence-corrected chi connectivity index (χ3v) is 7.31. The number of phosphoric ester groups is 1. The smallest absolute Gasteiger partial charge is 0.393 e. The summed E-state index contributed by atoms with van der Waals surface area (Å²) in [6.45, 7) is -0.398. The number of aromatic nitrogens is 4. The quantitative estimate of drug-likeness (QED) is 0.383. The van der Waals surface area contributed by atoms with Gasteiger partial charge in [-0.1, -0.05) is 0 Å². The van der Waals surface area contributed by atoms with Gasteiger partial charge < -0.3 is 30.1 Å². The summed E-state index contributed by atoms with van der Waals surface area (Å²) in [7, 11) is -10.2. The standard InChI is InChI=1S/C12H17N5O8P2/c13-10-9-11(15-4-14-10)17(5-16-9)12-1-7(12)6(8(18)2-12)3-24-27(22,23)25-26(19,20)21/h4-8,18H,1-3H2,(H,22,23)(H2,13,14,15)(H2,19,20,21)/t6-,7-,8-,12-/m0/s1. The van der Waals surface area contributed by atoms with Crippen LogP contribution in [0.5, 0.6) is 0 Å². The van der Waals surface area contributed by atoms with E-state index < -0.39 is 39.8 Å². The first-order valence-corrected chi connectivity index (χ1v) is 10.9. The molecule has 2 aliphatic rings. The largest absolute Gasteiger partial charge is 0.481 e. The predicted octanol–water partition coefficient (Wildman–Crippen LogP) is -0.269. The van der Waals surface area contributed by atoms with E-state index in [1.54, 1.807) is 6.33 Å². The number of aliphatic hydroxyl groups excluding tert-OH is 1. The lowest BCUT2D eigenvalue weighted by molar-refractivity contribution is 0.0669. The lowest BCUT2D eigenvalue weighted by atomic mass is 10.0. The van der Waals surface area contributed by atoms with Crippen molar-refractivity contribution >= 4 is 32.6 Å². The van der Waals surface area contributed by atoms with Gasteiger partial charge in [-0.05, 0) is 18.8 Å². The van der Waals surface area contributed by atoms with E-state index >= 15 is 0 Å². The van der Waals surface area contributed by atoms with Crippen molar-refractivity contribution in [2.24, 2.45) is 11.8 Å². The van der Waals surface area contributed by atoms with Gasteiger partial charge in [0.05, 0.1) is 24.6 Å². The van der Waals surface area contributed by atoms with Crippen molar-refractivity contribution in [2.75, 3.05) is 12.3 Å². The van der Waals surface area contributed by atoms with E-state index in [2.05, 4.69) is 19.3 Å². The Morgan fingerprint density at radius 2 is 2.00 bits per heavy atom. The molecule has 2 heterocycles. The second-order valence-corrected chi connectivity index (χ2v) is 9.56. The molecule has 2 fully saturated rings. The van der Waals surface area contributed by atoms with Crippen molar-refractivity contribution in [3.63, 3.8) is 0 Å². The molecule has 0 aromatic carbocycles. The van der Waals surface area contributed by atoms with Crippen LogP contribution in [-0.4, -0.2) is 52.0 Å². The molecule has 0 saturated heterocycles. The van der Waals surface area contributed by atoms with Crippen LogP contribution in [0, 0.1) is 11.8 Å². The molecule has 2 aromatic heterocycles. The molecule has 2 aliphatic carbocycles. The number of phosphoric acid groups is 2. The molecular formula is C12H17N5O8P2. The van der Waals surface area contributed by atoms with E-state index in [1.807, 2.05) is 4.57 Å². The maximum absolute atomic E-state index is 11.6. The molecule has 1 unspecified atom stereocenters. The second kappa shape index (κ2) is 6.03. The van der Waals surface area contributed by atoms with Crippen LogP contribution in [-0.2, 0) is 23.5 Å². The van der Waals surface area contributed by atoms with Gasteiger partial charge in [-0.3, -0.25) is 4.52 Å². The minimum atomic E-state index is -5.19. The Kier molecular flexibility index (Phi) is 4.22. The summed E-state index contributed by atoms with van der Waals surface area (Å²) in [5.74, 6) is -0.389. The first kappa shape index (κ1) is 18.9. The number of nitrogen functional groups attached to an aromatic ring is 1. The first-order valence-electron chi connectivity index (χ1n) is 7.89. The first-order chi connectivity index (χ1) is 12.5. The summed E-state index contributed by atoms with van der Waals surface area (Å²) < 4.78 is 32.6. The average molecular weight is 421 g/mol. The average Bonchev–Trinajstić information content (AvgIpc) is 2.94. The fourth-order valence-corrected chi connectivity index (χ4v) is 5.63. The number of nitrogens with zero attached hydrogens (tertiary/aromatic N) is 4. The Labute approximate surface area is 152 Å². The zero-order valence-electron chi connectivity index (χ0n) is 13.7. The van der Waals surface area contributed by atoms with Gasteiger partial charge in [0.25, 0.3) is 0 Å². The van der Waals surface area contributed by atoms with E-state index in [1.165, 1.54) is 6.33 Å². The fraction of sp³-hybridized carbons (Fsp3) is 0.583. The molecule has 27 heavy (non-hydrogen) atoms. The van der Waals surface area contributed by atoms with Crippen molar-refractivity contribution < 1.29 is 37.8 Å². The molecular weight excluding hydrogens is 404 g/mol. The number of aliphatic hydroxyl groups is 1. The topological polar surface area (TPSA) is 203 Å². The highest BCUT2D eigenvalue weighted by Crippen LogP contribution is 2.66. The maximum Gasteiger partial charge on any atom is 0.481 e. The zero-order valence-corrected chi connectivity index (χ0v) is 15.5. The Balaban J connectivity index is 1.52. The summed E-state index contributed by atoms with van der Waals surface area (Å²) in [5, 5.41) is 10.4. The number of fused-ring (bicyclic) bond motifs is 2. The molecule has 6 N–H and O–H groups in total. The molecule has 2 aromatic rings. The van der Waals surface area contributed by atoms with Gasteiger partial charge in [0.15, 0.2) is 11.5 Å². The van der Waals surface area contributed by atoms with E-state index in [4.69, 9.17) is 20.0 Å². The Morgan fingerprint density at radius 1 is 1.26 bits per heavy atom. The Bertz CT molecular complexity index is 993. The van der Waals surface area contributed by atoms with Crippen molar-refractivity contribution in [2.45, 2.75) is 24.5 Å². The van der Waals surface area contributed by atoms with Gasteiger partial charge in [-0.2, -0.15) is 4.31 Å². The minimum absolute atomic E-state index is 0.101. The summed E-state index contributed by atoms with van der Waals surface area (Å²) in [6, 6.07) is 0. The highest BCUT2D eigenvalue weighted by atomic mass is 31.3. The molecule has 0 radical (unpaired) electrons. The van der Waals surface area contributed by atoms with Gasteiger partial charge in [-0.15, -0.1) is 0 Å². The molecule has 13 nitrogen and oxygen atoms in total. The molecule has 15 heteroatoms. The number of rotatable bonds is 6. The zero-order chi connectivity index (χ0) is 19.6. The lowest BCUT2D eigenvalue weighted by Gasteiger charge is -2.19. The van der Waals surface area contributed by atoms with Crippen LogP contribution < -0.4 is 5.73 Å². The van der Waals surface area contributed by atoms with Crippen LogP contribution in [0.1, 0.15) is 12.8 Å². The van der Waals surface area contributed by atoms with Crippen LogP contribution in [0.25, 0.3) is 11.2 Å². The monoisotopic (exact) mass is 421 g/mol. The van der Waals surface area contributed by atoms with Crippen LogP contribution in [0.4, 0.5) is 5.82 Å². The van der Waals surface area contributed by atoms with E-state index in [0.717, 1.165) is 0 Å². The fourth-order valence-electron chi connectivity index (χ4n) is 4.01.